The van der Waals surface area contributed by atoms with Crippen LogP contribution in [0.3, 0.4) is 0 Å². The fraction of sp³-hybridized carbons (Fsp3) is 0.872. The number of allylic oxidation sites excluding steroid dienone is 3. The third-order valence-electron chi connectivity index (χ3n) is 8.70. The maximum Gasteiger partial charge on any atom is 0.268 e. The largest absolute Gasteiger partial charge is 0.756 e. The molecule has 0 heterocycles. The molecule has 0 bridgehead atoms. The first-order valence-corrected chi connectivity index (χ1v) is 21.1. The minimum absolute atomic E-state index is 0.00926. The highest BCUT2D eigenvalue weighted by molar-refractivity contribution is 7.45. The Morgan fingerprint density at radius 3 is 1.56 bits per heavy atom. The van der Waals surface area contributed by atoms with E-state index in [4.69, 9.17) is 9.05 Å². The SMILES string of the molecule is CCCCCCCCCCCCCCCCCCCCCCC/C=C/CC/C=C/C(O)C(COP(=O)([O-])OCC[N+](C)(C)C)NC(C)=O. The molecule has 1 amide bonds. The molecule has 9 heteroatoms. The number of carbonyl (C=O) groups excluding carboxylic acids is 1. The van der Waals surface area contributed by atoms with Gasteiger partial charge in [-0.25, -0.2) is 0 Å². The van der Waals surface area contributed by atoms with Crippen molar-refractivity contribution in [1.29, 1.82) is 0 Å². The molecule has 0 aromatic carbocycles. The Hall–Kier alpha value is -1.02. The van der Waals surface area contributed by atoms with Crippen molar-refractivity contribution in [2.45, 2.75) is 180 Å². The first kappa shape index (κ1) is 47.0. The number of quaternary nitrogens is 1. The number of carbonyl (C=O) groups is 1. The second-order valence-electron chi connectivity index (χ2n) is 14.7. The van der Waals surface area contributed by atoms with Crippen molar-refractivity contribution in [3.05, 3.63) is 24.3 Å². The maximum absolute atomic E-state index is 12.1. The summed E-state index contributed by atoms with van der Waals surface area (Å²) in [7, 11) is 1.23. The lowest BCUT2D eigenvalue weighted by molar-refractivity contribution is -0.870. The first-order chi connectivity index (χ1) is 23.0. The lowest BCUT2D eigenvalue weighted by atomic mass is 10.0. The van der Waals surface area contributed by atoms with Gasteiger partial charge in [0, 0.05) is 6.92 Å². The van der Waals surface area contributed by atoms with Crippen LogP contribution >= 0.6 is 7.82 Å². The number of likely N-dealkylation sites (N-methyl/N-ethyl adjacent to an activating group) is 1. The molecule has 0 radical (unpaired) electrons. The van der Waals surface area contributed by atoms with E-state index in [1.165, 1.54) is 142 Å². The maximum atomic E-state index is 12.1. The molecular formula is C39H77N2O6P. The van der Waals surface area contributed by atoms with Gasteiger partial charge in [-0.1, -0.05) is 160 Å². The quantitative estimate of drug-likeness (QED) is 0.0295. The van der Waals surface area contributed by atoms with Gasteiger partial charge >= 0.3 is 0 Å². The van der Waals surface area contributed by atoms with E-state index in [1.54, 1.807) is 6.08 Å². The summed E-state index contributed by atoms with van der Waals surface area (Å²) < 4.78 is 22.5. The predicted octanol–water partition coefficient (Wildman–Crippen LogP) is 9.55. The molecule has 0 saturated carbocycles. The number of nitrogens with zero attached hydrogens (tertiary/aromatic N) is 1. The van der Waals surface area contributed by atoms with Crippen molar-refractivity contribution < 1.29 is 32.9 Å². The predicted molar refractivity (Wildman–Crippen MR) is 201 cm³/mol. The Morgan fingerprint density at radius 1 is 0.708 bits per heavy atom. The number of aliphatic hydroxyl groups is 1. The average Bonchev–Trinajstić information content (AvgIpc) is 3.01. The minimum atomic E-state index is -4.54. The van der Waals surface area contributed by atoms with Crippen LogP contribution in [0.15, 0.2) is 24.3 Å². The Labute approximate surface area is 296 Å². The molecule has 3 atom stereocenters. The van der Waals surface area contributed by atoms with Gasteiger partial charge in [-0.15, -0.1) is 0 Å². The summed E-state index contributed by atoms with van der Waals surface area (Å²) in [5.41, 5.74) is 0. The number of phosphoric acid groups is 1. The van der Waals surface area contributed by atoms with Crippen molar-refractivity contribution >= 4 is 13.7 Å². The van der Waals surface area contributed by atoms with E-state index in [1.807, 2.05) is 27.2 Å². The molecule has 0 saturated heterocycles. The first-order valence-electron chi connectivity index (χ1n) is 19.6. The van der Waals surface area contributed by atoms with Crippen LogP contribution < -0.4 is 10.2 Å². The van der Waals surface area contributed by atoms with Crippen LogP contribution in [0.5, 0.6) is 0 Å². The van der Waals surface area contributed by atoms with E-state index in [0.717, 1.165) is 19.3 Å². The fourth-order valence-corrected chi connectivity index (χ4v) is 6.34. The fourth-order valence-electron chi connectivity index (χ4n) is 5.61. The van der Waals surface area contributed by atoms with Crippen molar-refractivity contribution in [3.63, 3.8) is 0 Å². The number of amides is 1. The molecule has 48 heavy (non-hydrogen) atoms. The summed E-state index contributed by atoms with van der Waals surface area (Å²) in [5.74, 6) is -0.383. The lowest BCUT2D eigenvalue weighted by Gasteiger charge is -2.29. The average molecular weight is 701 g/mol. The molecule has 0 aliphatic rings. The molecule has 284 valence electrons. The normalized spacial score (nSPS) is 14.9. The van der Waals surface area contributed by atoms with Crippen LogP contribution in [-0.4, -0.2) is 68.5 Å². The highest BCUT2D eigenvalue weighted by Gasteiger charge is 2.22. The zero-order chi connectivity index (χ0) is 35.8. The van der Waals surface area contributed by atoms with Crippen LogP contribution in [-0.2, 0) is 18.4 Å². The zero-order valence-corrected chi connectivity index (χ0v) is 32.8. The Balaban J connectivity index is 3.73. The Morgan fingerprint density at radius 2 is 1.12 bits per heavy atom. The molecule has 3 unspecified atom stereocenters. The summed E-state index contributed by atoms with van der Waals surface area (Å²) >= 11 is 0. The van der Waals surface area contributed by atoms with Crippen LogP contribution in [0.25, 0.3) is 0 Å². The van der Waals surface area contributed by atoms with Gasteiger partial charge in [-0.3, -0.25) is 9.36 Å². The van der Waals surface area contributed by atoms with Gasteiger partial charge in [-0.2, -0.15) is 0 Å². The van der Waals surface area contributed by atoms with Crippen LogP contribution in [0.2, 0.25) is 0 Å². The van der Waals surface area contributed by atoms with Gasteiger partial charge < -0.3 is 28.8 Å². The lowest BCUT2D eigenvalue weighted by Crippen LogP contribution is -2.45. The molecule has 0 spiro atoms. The zero-order valence-electron chi connectivity index (χ0n) is 31.9. The van der Waals surface area contributed by atoms with Gasteiger partial charge in [0.2, 0.25) is 5.91 Å². The summed E-state index contributed by atoms with van der Waals surface area (Å²) in [6, 6.07) is -0.900. The Bertz CT molecular complexity index is 845. The van der Waals surface area contributed by atoms with E-state index < -0.39 is 26.6 Å². The number of aliphatic hydroxyl groups excluding tert-OH is 1. The molecule has 0 aliphatic heterocycles. The molecular weight excluding hydrogens is 623 g/mol. The monoisotopic (exact) mass is 701 g/mol. The standard InChI is InChI=1S/C39H77N2O6P/c1-6-7-8-9-10-11-12-13-14-15-16-17-18-19-20-21-22-23-24-25-26-27-28-29-30-31-32-33-39(43)38(40-37(2)42)36-47-48(44,45)46-35-34-41(3,4)5/h28-29,32-33,38-39,43H,6-27,30-31,34-36H2,1-5H3,(H-,40,42,44,45)/b29-28+,33-32+. The highest BCUT2D eigenvalue weighted by atomic mass is 31.2. The number of nitrogens with one attached hydrogen (secondary N) is 1. The number of unbranched alkanes of at least 4 members (excludes halogenated alkanes) is 22. The van der Waals surface area contributed by atoms with Gasteiger partial charge in [0.25, 0.3) is 7.82 Å². The van der Waals surface area contributed by atoms with E-state index in [0.29, 0.717) is 11.0 Å². The van der Waals surface area contributed by atoms with Crippen molar-refractivity contribution in [2.24, 2.45) is 0 Å². The molecule has 0 rings (SSSR count). The van der Waals surface area contributed by atoms with Gasteiger partial charge in [0.15, 0.2) is 0 Å². The number of hydrogen-bond donors (Lipinski definition) is 2. The summed E-state index contributed by atoms with van der Waals surface area (Å²) in [4.78, 5) is 23.6. The summed E-state index contributed by atoms with van der Waals surface area (Å²) in [6.45, 7) is 3.67. The van der Waals surface area contributed by atoms with E-state index in [2.05, 4.69) is 24.4 Å². The smallest absolute Gasteiger partial charge is 0.268 e. The number of hydrogen-bond acceptors (Lipinski definition) is 6. The van der Waals surface area contributed by atoms with Crippen molar-refractivity contribution in [1.82, 2.24) is 5.32 Å². The molecule has 0 aliphatic carbocycles. The summed E-state index contributed by atoms with van der Waals surface area (Å²) in [6.07, 6.45) is 38.9. The van der Waals surface area contributed by atoms with Gasteiger partial charge in [0.05, 0.1) is 39.9 Å². The van der Waals surface area contributed by atoms with Gasteiger partial charge in [-0.05, 0) is 25.7 Å². The van der Waals surface area contributed by atoms with E-state index in [-0.39, 0.29) is 12.5 Å². The molecule has 8 nitrogen and oxygen atoms in total. The van der Waals surface area contributed by atoms with E-state index in [9.17, 15) is 19.4 Å². The van der Waals surface area contributed by atoms with Crippen LogP contribution in [0.4, 0.5) is 0 Å². The van der Waals surface area contributed by atoms with Crippen LogP contribution in [0, 0.1) is 0 Å². The molecule has 0 aromatic rings. The third kappa shape index (κ3) is 34.8. The second-order valence-corrected chi connectivity index (χ2v) is 16.1. The van der Waals surface area contributed by atoms with Crippen LogP contribution in [0.1, 0.15) is 168 Å². The number of rotatable bonds is 35. The topological polar surface area (TPSA) is 108 Å². The van der Waals surface area contributed by atoms with Gasteiger partial charge in [0.1, 0.15) is 13.2 Å². The molecule has 0 aromatic heterocycles. The minimum Gasteiger partial charge on any atom is -0.756 e. The Kier molecular flexibility index (Phi) is 31.2. The summed E-state index contributed by atoms with van der Waals surface area (Å²) in [5, 5.41) is 13.1. The van der Waals surface area contributed by atoms with Crippen molar-refractivity contribution in [3.8, 4) is 0 Å². The number of phosphoric ester groups is 1. The van der Waals surface area contributed by atoms with Crippen molar-refractivity contribution in [2.75, 3.05) is 40.9 Å². The molecule has 0 fully saturated rings. The molecule has 2 N–H and O–H groups in total. The third-order valence-corrected chi connectivity index (χ3v) is 9.66. The highest BCUT2D eigenvalue weighted by Crippen LogP contribution is 2.38. The van der Waals surface area contributed by atoms with E-state index >= 15 is 0 Å². The second kappa shape index (κ2) is 31.9.